The zero-order valence-corrected chi connectivity index (χ0v) is 9.09. The van der Waals surface area contributed by atoms with Gasteiger partial charge in [-0.05, 0) is 0 Å². The predicted molar refractivity (Wildman–Crippen MR) is 40.2 cm³/mol. The molecule has 10 heavy (non-hydrogen) atoms. The molecule has 0 unspecified atom stereocenters. The van der Waals surface area contributed by atoms with E-state index in [1.165, 1.54) is 0 Å². The molecule has 0 amide bonds. The van der Waals surface area contributed by atoms with Crippen molar-refractivity contribution in [3.8, 4) is 0 Å². The van der Waals surface area contributed by atoms with Crippen molar-refractivity contribution in [2.24, 2.45) is 0 Å². The van der Waals surface area contributed by atoms with Gasteiger partial charge in [0, 0.05) is 0 Å². The molecule has 0 saturated heterocycles. The Morgan fingerprint density at radius 1 is 1.00 bits per heavy atom. The molecular weight excluding hydrogens is 154 g/mol. The van der Waals surface area contributed by atoms with E-state index in [-0.39, 0.29) is 63.8 Å². The Kier molecular flexibility index (Phi) is 16.8. The van der Waals surface area contributed by atoms with Gasteiger partial charge in [0.1, 0.15) is 7.85 Å². The van der Waals surface area contributed by atoms with Gasteiger partial charge in [0.15, 0.2) is 0 Å². The van der Waals surface area contributed by atoms with Crippen LogP contribution in [-0.4, -0.2) is 18.8 Å². The van der Waals surface area contributed by atoms with E-state index in [0.717, 1.165) is 5.46 Å². The summed E-state index contributed by atoms with van der Waals surface area (Å²) >= 11 is 0. The van der Waals surface area contributed by atoms with E-state index in [9.17, 15) is 0 Å². The van der Waals surface area contributed by atoms with Crippen LogP contribution in [0, 0.1) is 0 Å². The molecule has 4 heteroatoms. The Bertz CT molecular complexity index is 151. The zero-order chi connectivity index (χ0) is 5.11. The molecule has 0 atom stereocenters. The van der Waals surface area contributed by atoms with Gasteiger partial charge in [0.2, 0.25) is 0 Å². The summed E-state index contributed by atoms with van der Waals surface area (Å²) in [5.74, 6) is 0. The Morgan fingerprint density at radius 3 is 1.60 bits per heavy atom. The molecule has 0 saturated carbocycles. The van der Waals surface area contributed by atoms with Crippen molar-refractivity contribution in [3.05, 3.63) is 30.3 Å². The smallest absolute Gasteiger partial charge is 1.00 e. The molecule has 50 valence electrons. The quantitative estimate of drug-likeness (QED) is 0.350. The number of rotatable bonds is 0. The molecule has 0 spiro atoms. The van der Waals surface area contributed by atoms with E-state index >= 15 is 0 Å². The summed E-state index contributed by atoms with van der Waals surface area (Å²) in [6, 6.07) is 9.49. The van der Waals surface area contributed by atoms with Crippen LogP contribution >= 0.6 is 0 Å². The molecule has 0 aliphatic rings. The summed E-state index contributed by atoms with van der Waals surface area (Å²) < 4.78 is 0. The summed E-state index contributed by atoms with van der Waals surface area (Å²) in [4.78, 5) is 0. The molecule has 0 aliphatic carbocycles. The van der Waals surface area contributed by atoms with Crippen LogP contribution in [0.25, 0.3) is 0 Å². The SMILES string of the molecule is O.O.[B]c1ccccc1.[H-].[K+]. The van der Waals surface area contributed by atoms with Crippen molar-refractivity contribution < 1.29 is 63.8 Å². The summed E-state index contributed by atoms with van der Waals surface area (Å²) in [6.45, 7) is 0. The van der Waals surface area contributed by atoms with Gasteiger partial charge in [-0.2, -0.15) is 0 Å². The van der Waals surface area contributed by atoms with E-state index in [1.54, 1.807) is 0 Å². The van der Waals surface area contributed by atoms with Crippen LogP contribution in [0.15, 0.2) is 30.3 Å². The topological polar surface area (TPSA) is 63.0 Å². The molecule has 0 aromatic heterocycles. The first kappa shape index (κ1) is 17.1. The molecule has 1 aromatic carbocycles. The maximum absolute atomic E-state index is 5.36. The largest absolute Gasteiger partial charge is 1.00 e. The summed E-state index contributed by atoms with van der Waals surface area (Å²) in [5, 5.41) is 0. The Morgan fingerprint density at radius 2 is 1.40 bits per heavy atom. The standard InChI is InChI=1S/C6H5B.K.2H2O.H/c7-6-4-2-1-3-5-6;;;;/h1-5H;;2*1H2;/q;+1;;;-1. The van der Waals surface area contributed by atoms with Gasteiger partial charge in [-0.25, -0.2) is 0 Å². The fourth-order valence-corrected chi connectivity index (χ4v) is 0.453. The van der Waals surface area contributed by atoms with Crippen LogP contribution in [0.4, 0.5) is 0 Å². The fraction of sp³-hybridized carbons (Fsp3) is 0. The molecule has 1 rings (SSSR count). The van der Waals surface area contributed by atoms with Crippen LogP contribution in [-0.2, 0) is 0 Å². The van der Waals surface area contributed by atoms with Crippen molar-refractivity contribution in [1.29, 1.82) is 0 Å². The van der Waals surface area contributed by atoms with Gasteiger partial charge in [-0.1, -0.05) is 35.8 Å². The molecular formula is C6H10BKO2. The molecule has 2 radical (unpaired) electrons. The van der Waals surface area contributed by atoms with Gasteiger partial charge in [-0.3, -0.25) is 0 Å². The average Bonchev–Trinajstić information content (AvgIpc) is 1.69. The Labute approximate surface area is 106 Å². The summed E-state index contributed by atoms with van der Waals surface area (Å²) in [6.07, 6.45) is 0. The third-order valence-electron chi connectivity index (χ3n) is 0.800. The monoisotopic (exact) mass is 164 g/mol. The third kappa shape index (κ3) is 6.95. The Hall–Kier alpha value is 0.841. The van der Waals surface area contributed by atoms with Crippen LogP contribution < -0.4 is 56.8 Å². The molecule has 0 heterocycles. The van der Waals surface area contributed by atoms with E-state index in [2.05, 4.69) is 0 Å². The zero-order valence-electron chi connectivity index (χ0n) is 6.96. The first-order valence-corrected chi connectivity index (χ1v) is 2.20. The minimum absolute atomic E-state index is 0. The molecule has 0 aliphatic heterocycles. The summed E-state index contributed by atoms with van der Waals surface area (Å²) in [7, 11) is 5.36. The molecule has 1 aromatic rings. The maximum atomic E-state index is 5.36. The maximum Gasteiger partial charge on any atom is 1.00 e. The van der Waals surface area contributed by atoms with Crippen LogP contribution in [0.3, 0.4) is 0 Å². The normalized spacial score (nSPS) is 6.00. The second kappa shape index (κ2) is 9.84. The van der Waals surface area contributed by atoms with Crippen molar-refractivity contribution in [2.75, 3.05) is 0 Å². The number of benzene rings is 1. The van der Waals surface area contributed by atoms with Crippen LogP contribution in [0.1, 0.15) is 1.43 Å². The van der Waals surface area contributed by atoms with E-state index < -0.39 is 0 Å². The van der Waals surface area contributed by atoms with E-state index in [4.69, 9.17) is 7.85 Å². The molecule has 4 N–H and O–H groups in total. The summed E-state index contributed by atoms with van der Waals surface area (Å²) in [5.41, 5.74) is 0.822. The minimum atomic E-state index is 0. The second-order valence-electron chi connectivity index (χ2n) is 1.41. The minimum Gasteiger partial charge on any atom is -1.00 e. The average molecular weight is 164 g/mol. The van der Waals surface area contributed by atoms with Crippen LogP contribution in [0.5, 0.6) is 0 Å². The number of hydrogen-bond acceptors (Lipinski definition) is 0. The Balaban J connectivity index is -0.0000000612. The van der Waals surface area contributed by atoms with Crippen molar-refractivity contribution in [2.45, 2.75) is 0 Å². The van der Waals surface area contributed by atoms with Gasteiger partial charge < -0.3 is 12.4 Å². The predicted octanol–water partition coefficient (Wildman–Crippen LogP) is -4.05. The van der Waals surface area contributed by atoms with Gasteiger partial charge in [-0.15, -0.1) is 0 Å². The third-order valence-corrected chi connectivity index (χ3v) is 0.800. The molecule has 0 bridgehead atoms. The van der Waals surface area contributed by atoms with Gasteiger partial charge >= 0.3 is 51.4 Å². The molecule has 2 nitrogen and oxygen atoms in total. The first-order valence-electron chi connectivity index (χ1n) is 2.20. The van der Waals surface area contributed by atoms with Gasteiger partial charge in [0.05, 0.1) is 0 Å². The van der Waals surface area contributed by atoms with E-state index in [0.29, 0.717) is 0 Å². The number of hydrogen-bond donors (Lipinski definition) is 0. The molecule has 0 fully saturated rings. The first-order chi connectivity index (χ1) is 3.39. The fourth-order valence-electron chi connectivity index (χ4n) is 0.453. The van der Waals surface area contributed by atoms with Crippen molar-refractivity contribution in [1.82, 2.24) is 0 Å². The van der Waals surface area contributed by atoms with Crippen LogP contribution in [0.2, 0.25) is 0 Å². The van der Waals surface area contributed by atoms with E-state index in [1.807, 2.05) is 30.3 Å². The van der Waals surface area contributed by atoms with Crippen molar-refractivity contribution >= 4 is 13.3 Å². The second-order valence-corrected chi connectivity index (χ2v) is 1.41. The van der Waals surface area contributed by atoms with Crippen molar-refractivity contribution in [3.63, 3.8) is 0 Å². The van der Waals surface area contributed by atoms with Gasteiger partial charge in [0.25, 0.3) is 0 Å².